The number of nitrogens with one attached hydrogen (secondary N) is 1. The first-order valence-corrected chi connectivity index (χ1v) is 11.5. The minimum absolute atomic E-state index is 0.114. The molecular formula is C29H28N2O4. The summed E-state index contributed by atoms with van der Waals surface area (Å²) >= 11 is 0. The van der Waals surface area contributed by atoms with E-state index in [1.807, 2.05) is 42.5 Å². The molecule has 0 saturated heterocycles. The molecule has 6 nitrogen and oxygen atoms in total. The zero-order chi connectivity index (χ0) is 24.6. The van der Waals surface area contributed by atoms with Crippen LogP contribution in [0.2, 0.25) is 0 Å². The molecule has 2 atom stereocenters. The van der Waals surface area contributed by atoms with E-state index in [2.05, 4.69) is 29.4 Å². The molecule has 0 aliphatic rings. The lowest BCUT2D eigenvalue weighted by Crippen LogP contribution is -2.32. The smallest absolute Gasteiger partial charge is 0.339 e. The highest BCUT2D eigenvalue weighted by Gasteiger charge is 2.14. The highest BCUT2D eigenvalue weighted by molar-refractivity contribution is 5.92. The molecule has 1 heterocycles. The molecule has 3 N–H and O–H groups in total. The van der Waals surface area contributed by atoms with Crippen molar-refractivity contribution in [1.29, 1.82) is 0 Å². The molecule has 0 bridgehead atoms. The van der Waals surface area contributed by atoms with E-state index >= 15 is 0 Å². The summed E-state index contributed by atoms with van der Waals surface area (Å²) in [5.74, 6) is -0.152. The van der Waals surface area contributed by atoms with Crippen LogP contribution in [0.3, 0.4) is 0 Å². The van der Waals surface area contributed by atoms with Crippen LogP contribution < -0.4 is 10.1 Å². The van der Waals surface area contributed by atoms with Crippen molar-refractivity contribution in [3.63, 3.8) is 0 Å². The summed E-state index contributed by atoms with van der Waals surface area (Å²) in [5, 5.41) is 23.3. The summed E-state index contributed by atoms with van der Waals surface area (Å²) in [6, 6.07) is 26.3. The van der Waals surface area contributed by atoms with E-state index in [0.717, 1.165) is 28.7 Å². The van der Waals surface area contributed by atoms with Crippen LogP contribution in [-0.4, -0.2) is 33.8 Å². The van der Waals surface area contributed by atoms with Gasteiger partial charge in [0.05, 0.1) is 6.10 Å². The summed E-state index contributed by atoms with van der Waals surface area (Å²) in [6.45, 7) is 2.53. The monoisotopic (exact) mass is 468 g/mol. The predicted molar refractivity (Wildman–Crippen MR) is 136 cm³/mol. The van der Waals surface area contributed by atoms with Gasteiger partial charge in [0.1, 0.15) is 17.1 Å². The van der Waals surface area contributed by atoms with Crippen LogP contribution in [0.5, 0.6) is 11.5 Å². The third kappa shape index (κ3) is 6.53. The number of nitrogens with zero attached hydrogens (tertiary/aromatic N) is 1. The minimum Gasteiger partial charge on any atom is -0.478 e. The van der Waals surface area contributed by atoms with Gasteiger partial charge >= 0.3 is 5.97 Å². The Kier molecular flexibility index (Phi) is 7.88. The van der Waals surface area contributed by atoms with Gasteiger partial charge in [0.2, 0.25) is 0 Å². The number of aliphatic hydroxyl groups excluding tert-OH is 1. The summed E-state index contributed by atoms with van der Waals surface area (Å²) in [4.78, 5) is 15.7. The van der Waals surface area contributed by atoms with Gasteiger partial charge in [0.15, 0.2) is 0 Å². The van der Waals surface area contributed by atoms with Gasteiger partial charge in [-0.05, 0) is 60.4 Å². The average molecular weight is 469 g/mol. The number of carboxylic acids is 1. The molecule has 178 valence electrons. The Hall–Kier alpha value is -4.00. The number of carbonyl (C=O) groups is 1. The highest BCUT2D eigenvalue weighted by atomic mass is 16.5. The summed E-state index contributed by atoms with van der Waals surface area (Å²) in [7, 11) is 0. The van der Waals surface area contributed by atoms with Gasteiger partial charge in [-0.15, -0.1) is 0 Å². The Morgan fingerprint density at radius 1 is 0.971 bits per heavy atom. The van der Waals surface area contributed by atoms with Crippen molar-refractivity contribution in [2.75, 3.05) is 6.54 Å². The van der Waals surface area contributed by atoms with Gasteiger partial charge in [-0.1, -0.05) is 54.6 Å². The molecule has 0 spiro atoms. The molecular weight excluding hydrogens is 440 g/mol. The van der Waals surface area contributed by atoms with Gasteiger partial charge in [0.25, 0.3) is 0 Å². The molecule has 35 heavy (non-hydrogen) atoms. The number of aliphatic hydroxyl groups is 1. The van der Waals surface area contributed by atoms with Crippen LogP contribution in [-0.2, 0) is 6.42 Å². The molecule has 0 aliphatic carbocycles. The topological polar surface area (TPSA) is 91.7 Å². The van der Waals surface area contributed by atoms with Crippen molar-refractivity contribution in [1.82, 2.24) is 10.3 Å². The zero-order valence-electron chi connectivity index (χ0n) is 19.5. The van der Waals surface area contributed by atoms with Gasteiger partial charge in [-0.2, -0.15) is 0 Å². The first kappa shape index (κ1) is 24.1. The van der Waals surface area contributed by atoms with Crippen LogP contribution >= 0.6 is 0 Å². The normalized spacial score (nSPS) is 12.6. The number of aromatic carboxylic acids is 1. The number of pyridine rings is 1. The number of aromatic nitrogens is 1. The van der Waals surface area contributed by atoms with Crippen molar-refractivity contribution in [3.8, 4) is 22.6 Å². The minimum atomic E-state index is -1.03. The fraction of sp³-hybridized carbons (Fsp3) is 0.172. The number of carboxylic acid groups (broad SMARTS) is 1. The van der Waals surface area contributed by atoms with E-state index < -0.39 is 12.1 Å². The van der Waals surface area contributed by atoms with E-state index in [1.54, 1.807) is 42.7 Å². The fourth-order valence-corrected chi connectivity index (χ4v) is 3.84. The third-order valence-corrected chi connectivity index (χ3v) is 5.74. The first-order chi connectivity index (χ1) is 17.0. The fourth-order valence-electron chi connectivity index (χ4n) is 3.84. The number of hydrogen-bond donors (Lipinski definition) is 3. The standard InChI is InChI=1S/C29H28N2O4/c1-20(31-19-27(32)24-6-5-15-30-18-24)16-21-9-11-22(12-10-21)23-13-14-26(29(33)34)28(17-23)35-25-7-3-2-4-8-25/h2-15,17-18,20,27,31-32H,16,19H2,1H3,(H,33,34)/t20-,27-/m1/s1. The van der Waals surface area contributed by atoms with Crippen molar-refractivity contribution in [3.05, 3.63) is 114 Å². The lowest BCUT2D eigenvalue weighted by Gasteiger charge is -2.17. The SMILES string of the molecule is C[C@H](Cc1ccc(-c2ccc(C(=O)O)c(Oc3ccccc3)c2)cc1)NC[C@@H](O)c1cccnc1. The summed E-state index contributed by atoms with van der Waals surface area (Å²) in [5.41, 5.74) is 3.91. The molecule has 0 unspecified atom stereocenters. The van der Waals surface area contributed by atoms with E-state index in [4.69, 9.17) is 4.74 Å². The predicted octanol–water partition coefficient (Wildman–Crippen LogP) is 5.49. The molecule has 4 rings (SSSR count). The molecule has 4 aromatic rings. The number of ether oxygens (including phenoxy) is 1. The Balaban J connectivity index is 1.41. The number of hydrogen-bond acceptors (Lipinski definition) is 5. The van der Waals surface area contributed by atoms with E-state index in [0.29, 0.717) is 18.0 Å². The lowest BCUT2D eigenvalue weighted by atomic mass is 9.99. The quantitative estimate of drug-likeness (QED) is 0.285. The first-order valence-electron chi connectivity index (χ1n) is 11.5. The Morgan fingerprint density at radius 3 is 2.40 bits per heavy atom. The van der Waals surface area contributed by atoms with Gasteiger partial charge in [-0.25, -0.2) is 4.79 Å². The second-order valence-corrected chi connectivity index (χ2v) is 8.44. The molecule has 6 heteroatoms. The Bertz CT molecular complexity index is 1240. The van der Waals surface area contributed by atoms with Crippen molar-refractivity contribution >= 4 is 5.97 Å². The number of rotatable bonds is 10. The maximum Gasteiger partial charge on any atom is 0.339 e. The molecule has 0 saturated carbocycles. The molecule has 0 aliphatic heterocycles. The van der Waals surface area contributed by atoms with E-state index in [1.165, 1.54) is 0 Å². The lowest BCUT2D eigenvalue weighted by molar-refractivity contribution is 0.0694. The van der Waals surface area contributed by atoms with Crippen molar-refractivity contribution in [2.24, 2.45) is 0 Å². The average Bonchev–Trinajstić information content (AvgIpc) is 2.88. The molecule has 0 radical (unpaired) electrons. The maximum absolute atomic E-state index is 11.7. The number of benzene rings is 3. The second-order valence-electron chi connectivity index (χ2n) is 8.44. The highest BCUT2D eigenvalue weighted by Crippen LogP contribution is 2.31. The molecule has 0 fully saturated rings. The maximum atomic E-state index is 11.7. The summed E-state index contributed by atoms with van der Waals surface area (Å²) < 4.78 is 5.87. The molecule has 0 amide bonds. The van der Waals surface area contributed by atoms with Crippen LogP contribution in [0.4, 0.5) is 0 Å². The van der Waals surface area contributed by atoms with Crippen LogP contribution in [0.15, 0.2) is 97.3 Å². The Labute approximate surface area is 204 Å². The largest absolute Gasteiger partial charge is 0.478 e. The van der Waals surface area contributed by atoms with Crippen LogP contribution in [0.1, 0.15) is 34.5 Å². The van der Waals surface area contributed by atoms with Gasteiger partial charge < -0.3 is 20.3 Å². The van der Waals surface area contributed by atoms with Gasteiger partial charge in [0, 0.05) is 30.5 Å². The van der Waals surface area contributed by atoms with Crippen molar-refractivity contribution in [2.45, 2.75) is 25.5 Å². The third-order valence-electron chi connectivity index (χ3n) is 5.74. The van der Waals surface area contributed by atoms with E-state index in [9.17, 15) is 15.0 Å². The van der Waals surface area contributed by atoms with Crippen LogP contribution in [0.25, 0.3) is 11.1 Å². The van der Waals surface area contributed by atoms with Crippen LogP contribution in [0, 0.1) is 0 Å². The molecule has 3 aromatic carbocycles. The number of para-hydroxylation sites is 1. The van der Waals surface area contributed by atoms with E-state index in [-0.39, 0.29) is 11.6 Å². The summed E-state index contributed by atoms with van der Waals surface area (Å²) in [6.07, 6.45) is 3.57. The molecule has 1 aromatic heterocycles. The second kappa shape index (κ2) is 11.4. The van der Waals surface area contributed by atoms with Gasteiger partial charge in [-0.3, -0.25) is 4.98 Å². The van der Waals surface area contributed by atoms with Crippen molar-refractivity contribution < 1.29 is 19.7 Å². The zero-order valence-corrected chi connectivity index (χ0v) is 19.5. The Morgan fingerprint density at radius 2 is 1.71 bits per heavy atom.